The van der Waals surface area contributed by atoms with Crippen molar-refractivity contribution in [3.63, 3.8) is 0 Å². The highest BCUT2D eigenvalue weighted by atomic mass is 16.6. The Bertz CT molecular complexity index is 512. The Morgan fingerprint density at radius 3 is 2.26 bits per heavy atom. The van der Waals surface area contributed by atoms with Gasteiger partial charge in [0.2, 0.25) is 5.91 Å². The van der Waals surface area contributed by atoms with Gasteiger partial charge in [-0.3, -0.25) is 19.3 Å². The van der Waals surface area contributed by atoms with E-state index in [2.05, 4.69) is 0 Å². The van der Waals surface area contributed by atoms with Gasteiger partial charge in [0, 0.05) is 13.1 Å². The lowest BCUT2D eigenvalue weighted by molar-refractivity contribution is -0.156. The van der Waals surface area contributed by atoms with Crippen molar-refractivity contribution in [2.75, 3.05) is 19.6 Å². The third-order valence-corrected chi connectivity index (χ3v) is 3.33. The number of carbonyl (C=O) groups excluding carboxylic acids is 2. The lowest BCUT2D eigenvalue weighted by Crippen LogP contribution is -2.63. The summed E-state index contributed by atoms with van der Waals surface area (Å²) >= 11 is 0. The van der Waals surface area contributed by atoms with E-state index in [1.165, 1.54) is 6.92 Å². The Balaban J connectivity index is 3.06. The van der Waals surface area contributed by atoms with Crippen molar-refractivity contribution in [3.05, 3.63) is 0 Å². The van der Waals surface area contributed by atoms with Gasteiger partial charge in [0.25, 0.3) is 0 Å². The minimum atomic E-state index is -1.30. The fourth-order valence-electron chi connectivity index (χ4n) is 2.26. The summed E-state index contributed by atoms with van der Waals surface area (Å²) in [6.45, 7) is 5.74. The molecule has 23 heavy (non-hydrogen) atoms. The minimum absolute atomic E-state index is 0.00716. The molecule has 2 N–H and O–H groups in total. The molecule has 0 spiro atoms. The highest BCUT2D eigenvalue weighted by molar-refractivity contribution is 5.92. The van der Waals surface area contributed by atoms with E-state index in [1.807, 2.05) is 0 Å². The zero-order valence-electron chi connectivity index (χ0n) is 13.6. The van der Waals surface area contributed by atoms with Gasteiger partial charge in [-0.2, -0.15) is 0 Å². The molecule has 0 bridgehead atoms. The molecule has 9 heteroatoms. The summed E-state index contributed by atoms with van der Waals surface area (Å²) in [5.74, 6) is -4.36. The molecule has 2 atom stereocenters. The van der Waals surface area contributed by atoms with Crippen molar-refractivity contribution in [1.82, 2.24) is 9.80 Å². The Labute approximate surface area is 133 Å². The molecule has 2 unspecified atom stereocenters. The topological polar surface area (TPSA) is 124 Å². The van der Waals surface area contributed by atoms with Crippen molar-refractivity contribution in [2.24, 2.45) is 5.92 Å². The average Bonchev–Trinajstić information content (AvgIpc) is 2.37. The number of ether oxygens (including phenoxy) is 1. The molecule has 0 aromatic carbocycles. The normalized spacial score (nSPS) is 20.2. The molecule has 1 aliphatic heterocycles. The van der Waals surface area contributed by atoms with Gasteiger partial charge in [0.1, 0.15) is 18.2 Å². The Hall–Kier alpha value is -2.32. The first-order chi connectivity index (χ1) is 10.4. The van der Waals surface area contributed by atoms with Crippen LogP contribution in [-0.4, -0.2) is 75.2 Å². The predicted octanol–water partition coefficient (Wildman–Crippen LogP) is 0.240. The standard InChI is InChI=1S/C14H22N2O7/c1-8(12(20)21)10-11(19)15(7-9(17)18)5-6-16(10)13(22)23-14(2,3)4/h8,10H,5-7H2,1-4H3,(H,17,18)(H,20,21). The number of piperazine rings is 1. The molecule has 9 nitrogen and oxygen atoms in total. The summed E-state index contributed by atoms with van der Waals surface area (Å²) in [6.07, 6.45) is -0.793. The van der Waals surface area contributed by atoms with Crippen molar-refractivity contribution >= 4 is 23.9 Å². The molecular formula is C14H22N2O7. The fraction of sp³-hybridized carbons (Fsp3) is 0.714. The van der Waals surface area contributed by atoms with E-state index in [-0.39, 0.29) is 13.1 Å². The molecule has 1 saturated heterocycles. The van der Waals surface area contributed by atoms with E-state index in [0.29, 0.717) is 0 Å². The third kappa shape index (κ3) is 4.83. The van der Waals surface area contributed by atoms with Gasteiger partial charge in [0.05, 0.1) is 5.92 Å². The van der Waals surface area contributed by atoms with Crippen LogP contribution < -0.4 is 0 Å². The van der Waals surface area contributed by atoms with Gasteiger partial charge in [-0.1, -0.05) is 0 Å². The van der Waals surface area contributed by atoms with Crippen LogP contribution in [0.2, 0.25) is 0 Å². The van der Waals surface area contributed by atoms with E-state index in [4.69, 9.17) is 9.84 Å². The Kier molecular flexibility index (Phi) is 5.57. The lowest BCUT2D eigenvalue weighted by Gasteiger charge is -2.41. The molecule has 1 rings (SSSR count). The molecule has 0 saturated carbocycles. The van der Waals surface area contributed by atoms with Crippen LogP contribution in [0.25, 0.3) is 0 Å². The molecule has 2 amide bonds. The lowest BCUT2D eigenvalue weighted by atomic mass is 9.97. The molecule has 0 aliphatic carbocycles. The summed E-state index contributed by atoms with van der Waals surface area (Å²) in [5, 5.41) is 18.0. The highest BCUT2D eigenvalue weighted by Gasteiger charge is 2.44. The van der Waals surface area contributed by atoms with Crippen LogP contribution in [0.3, 0.4) is 0 Å². The first kappa shape index (κ1) is 18.7. The number of aliphatic carboxylic acids is 2. The zero-order chi connectivity index (χ0) is 17.9. The molecular weight excluding hydrogens is 308 g/mol. The maximum absolute atomic E-state index is 12.4. The molecule has 1 aliphatic rings. The minimum Gasteiger partial charge on any atom is -0.481 e. The van der Waals surface area contributed by atoms with Crippen molar-refractivity contribution in [1.29, 1.82) is 0 Å². The maximum atomic E-state index is 12.4. The van der Waals surface area contributed by atoms with Gasteiger partial charge in [-0.05, 0) is 27.7 Å². The van der Waals surface area contributed by atoms with Crippen molar-refractivity contribution in [2.45, 2.75) is 39.3 Å². The Morgan fingerprint density at radius 1 is 1.26 bits per heavy atom. The second-order valence-electron chi connectivity index (χ2n) is 6.40. The van der Waals surface area contributed by atoms with Gasteiger partial charge in [-0.25, -0.2) is 4.79 Å². The number of hydrogen-bond donors (Lipinski definition) is 2. The van der Waals surface area contributed by atoms with Crippen molar-refractivity contribution in [3.8, 4) is 0 Å². The van der Waals surface area contributed by atoms with E-state index in [9.17, 15) is 24.3 Å². The largest absolute Gasteiger partial charge is 0.481 e. The number of rotatable bonds is 4. The highest BCUT2D eigenvalue weighted by Crippen LogP contribution is 2.22. The van der Waals surface area contributed by atoms with E-state index < -0.39 is 48.0 Å². The van der Waals surface area contributed by atoms with Crippen LogP contribution in [0.1, 0.15) is 27.7 Å². The molecule has 0 aromatic heterocycles. The quantitative estimate of drug-likeness (QED) is 0.756. The molecule has 1 fully saturated rings. The number of carbonyl (C=O) groups is 4. The van der Waals surface area contributed by atoms with Crippen LogP contribution in [0.5, 0.6) is 0 Å². The first-order valence-corrected chi connectivity index (χ1v) is 7.17. The zero-order valence-corrected chi connectivity index (χ0v) is 13.6. The predicted molar refractivity (Wildman–Crippen MR) is 77.7 cm³/mol. The summed E-state index contributed by atoms with van der Waals surface area (Å²) in [7, 11) is 0. The molecule has 1 heterocycles. The Morgan fingerprint density at radius 2 is 1.83 bits per heavy atom. The van der Waals surface area contributed by atoms with E-state index in [1.54, 1.807) is 20.8 Å². The first-order valence-electron chi connectivity index (χ1n) is 7.17. The van der Waals surface area contributed by atoms with Crippen molar-refractivity contribution < 1.29 is 34.1 Å². The summed E-state index contributed by atoms with van der Waals surface area (Å²) in [5.41, 5.74) is -0.796. The summed E-state index contributed by atoms with van der Waals surface area (Å²) in [4.78, 5) is 48.9. The van der Waals surface area contributed by atoms with Crippen LogP contribution >= 0.6 is 0 Å². The average molecular weight is 330 g/mol. The summed E-state index contributed by atoms with van der Waals surface area (Å²) in [6, 6.07) is -1.30. The van der Waals surface area contributed by atoms with Gasteiger partial charge in [0.15, 0.2) is 0 Å². The van der Waals surface area contributed by atoms with Crippen LogP contribution in [0.4, 0.5) is 4.79 Å². The monoisotopic (exact) mass is 330 g/mol. The van der Waals surface area contributed by atoms with Crippen LogP contribution in [0, 0.1) is 5.92 Å². The smallest absolute Gasteiger partial charge is 0.411 e. The van der Waals surface area contributed by atoms with Gasteiger partial charge in [-0.15, -0.1) is 0 Å². The SMILES string of the molecule is CC(C(=O)O)C1C(=O)N(CC(=O)O)CCN1C(=O)OC(C)(C)C. The maximum Gasteiger partial charge on any atom is 0.411 e. The van der Waals surface area contributed by atoms with Crippen LogP contribution in [-0.2, 0) is 19.1 Å². The number of carboxylic acids is 2. The molecule has 0 radical (unpaired) electrons. The number of amides is 2. The second-order valence-corrected chi connectivity index (χ2v) is 6.40. The molecule has 130 valence electrons. The van der Waals surface area contributed by atoms with E-state index >= 15 is 0 Å². The molecule has 0 aromatic rings. The third-order valence-electron chi connectivity index (χ3n) is 3.33. The van der Waals surface area contributed by atoms with Crippen LogP contribution in [0.15, 0.2) is 0 Å². The van der Waals surface area contributed by atoms with Gasteiger partial charge >= 0.3 is 18.0 Å². The van der Waals surface area contributed by atoms with Gasteiger partial charge < -0.3 is 19.8 Å². The number of carboxylic acid groups (broad SMARTS) is 2. The summed E-state index contributed by atoms with van der Waals surface area (Å²) < 4.78 is 5.21. The fourth-order valence-corrected chi connectivity index (χ4v) is 2.26. The second kappa shape index (κ2) is 6.84. The number of hydrogen-bond acceptors (Lipinski definition) is 5. The van der Waals surface area contributed by atoms with E-state index in [0.717, 1.165) is 9.80 Å². The number of nitrogens with zero attached hydrogens (tertiary/aromatic N) is 2.